The maximum absolute atomic E-state index is 12.3. The molecule has 1 atom stereocenters. The number of hydrogen-bond acceptors (Lipinski definition) is 4. The fourth-order valence-corrected chi connectivity index (χ4v) is 2.97. The maximum Gasteiger partial charge on any atom is 0.387 e. The standard InChI is InChI=1S/C20H29F2N5O2.HI/c1-4-11-23-20(24-13-18(28)26(2)3)25-15-6-5-12-27(14-15)16-7-9-17(10-8-16)29-19(21)22;/h4,7-10,15,19H,1,5-6,11-14H2,2-3H3,(H2,23,24,25);1H. The van der Waals surface area contributed by atoms with Gasteiger partial charge in [0.15, 0.2) is 5.96 Å². The molecular weight excluding hydrogens is 507 g/mol. The number of rotatable bonds is 8. The van der Waals surface area contributed by atoms with Crippen LogP contribution in [0.5, 0.6) is 5.75 Å². The van der Waals surface area contributed by atoms with Gasteiger partial charge < -0.3 is 25.2 Å². The Morgan fingerprint density at radius 3 is 2.70 bits per heavy atom. The Balaban J connectivity index is 0.00000450. The summed E-state index contributed by atoms with van der Waals surface area (Å²) in [6.07, 6.45) is 3.65. The van der Waals surface area contributed by atoms with Gasteiger partial charge in [-0.15, -0.1) is 30.6 Å². The zero-order valence-electron chi connectivity index (χ0n) is 17.3. The molecule has 1 aromatic rings. The van der Waals surface area contributed by atoms with E-state index in [0.717, 1.165) is 31.6 Å². The van der Waals surface area contributed by atoms with Crippen molar-refractivity contribution in [2.45, 2.75) is 25.5 Å². The van der Waals surface area contributed by atoms with Crippen LogP contribution < -0.4 is 20.3 Å². The molecule has 1 aliphatic heterocycles. The number of nitrogens with zero attached hydrogens (tertiary/aromatic N) is 3. The van der Waals surface area contributed by atoms with Crippen LogP contribution >= 0.6 is 24.0 Å². The quantitative estimate of drug-likeness (QED) is 0.231. The zero-order valence-corrected chi connectivity index (χ0v) is 19.6. The first-order chi connectivity index (χ1) is 13.9. The number of amides is 1. The molecule has 30 heavy (non-hydrogen) atoms. The van der Waals surface area contributed by atoms with Crippen molar-refractivity contribution >= 4 is 41.5 Å². The summed E-state index contributed by atoms with van der Waals surface area (Å²) >= 11 is 0. The number of likely N-dealkylation sites (N-methyl/N-ethyl adjacent to an activating group) is 1. The number of ether oxygens (including phenoxy) is 1. The summed E-state index contributed by atoms with van der Waals surface area (Å²) in [6, 6.07) is 6.78. The van der Waals surface area contributed by atoms with E-state index in [4.69, 9.17) is 0 Å². The minimum absolute atomic E-state index is 0. The van der Waals surface area contributed by atoms with Gasteiger partial charge in [0.25, 0.3) is 0 Å². The number of carbonyl (C=O) groups excluding carboxylic acids is 1. The normalized spacial score (nSPS) is 16.5. The first kappa shape index (κ1) is 25.9. The van der Waals surface area contributed by atoms with Crippen LogP contribution in [-0.4, -0.2) is 69.7 Å². The number of piperidine rings is 1. The van der Waals surface area contributed by atoms with Gasteiger partial charge in [0.05, 0.1) is 0 Å². The lowest BCUT2D eigenvalue weighted by atomic mass is 10.0. The van der Waals surface area contributed by atoms with Crippen molar-refractivity contribution in [2.24, 2.45) is 4.99 Å². The van der Waals surface area contributed by atoms with E-state index >= 15 is 0 Å². The van der Waals surface area contributed by atoms with E-state index in [1.807, 2.05) is 0 Å². The molecule has 0 bridgehead atoms. The molecule has 0 radical (unpaired) electrons. The van der Waals surface area contributed by atoms with Gasteiger partial charge in [-0.05, 0) is 37.1 Å². The van der Waals surface area contributed by atoms with E-state index in [1.54, 1.807) is 44.4 Å². The highest BCUT2D eigenvalue weighted by molar-refractivity contribution is 14.0. The predicted molar refractivity (Wildman–Crippen MR) is 126 cm³/mol. The van der Waals surface area contributed by atoms with Crippen molar-refractivity contribution in [2.75, 3.05) is 45.2 Å². The molecule has 168 valence electrons. The smallest absolute Gasteiger partial charge is 0.387 e. The predicted octanol–water partition coefficient (Wildman–Crippen LogP) is 2.68. The van der Waals surface area contributed by atoms with Crippen LogP contribution in [0.2, 0.25) is 0 Å². The highest BCUT2D eigenvalue weighted by Crippen LogP contribution is 2.23. The molecule has 1 amide bonds. The largest absolute Gasteiger partial charge is 0.435 e. The number of halogens is 3. The Kier molecular flexibility index (Phi) is 11.4. The van der Waals surface area contributed by atoms with Crippen LogP contribution in [0, 0.1) is 0 Å². The van der Waals surface area contributed by atoms with E-state index in [1.165, 1.54) is 4.90 Å². The van der Waals surface area contributed by atoms with Crippen LogP contribution in [0.3, 0.4) is 0 Å². The lowest BCUT2D eigenvalue weighted by molar-refractivity contribution is -0.127. The first-order valence-corrected chi connectivity index (χ1v) is 9.54. The highest BCUT2D eigenvalue weighted by Gasteiger charge is 2.21. The van der Waals surface area contributed by atoms with E-state index in [2.05, 4.69) is 31.8 Å². The summed E-state index contributed by atoms with van der Waals surface area (Å²) in [4.78, 5) is 19.9. The van der Waals surface area contributed by atoms with Gasteiger partial charge in [-0.1, -0.05) is 6.08 Å². The fourth-order valence-electron chi connectivity index (χ4n) is 2.97. The minimum atomic E-state index is -2.83. The molecule has 0 spiro atoms. The molecule has 7 nitrogen and oxygen atoms in total. The average Bonchev–Trinajstić information content (AvgIpc) is 2.70. The second kappa shape index (κ2) is 13.2. The van der Waals surface area contributed by atoms with Crippen molar-refractivity contribution in [3.63, 3.8) is 0 Å². The third-order valence-corrected chi connectivity index (χ3v) is 4.47. The third kappa shape index (κ3) is 8.72. The van der Waals surface area contributed by atoms with Crippen LogP contribution in [0.4, 0.5) is 14.5 Å². The molecule has 10 heteroatoms. The van der Waals surface area contributed by atoms with Gasteiger partial charge in [0.2, 0.25) is 5.91 Å². The van der Waals surface area contributed by atoms with Crippen LogP contribution in [0.15, 0.2) is 41.9 Å². The van der Waals surface area contributed by atoms with Crippen LogP contribution in [-0.2, 0) is 4.79 Å². The summed E-state index contributed by atoms with van der Waals surface area (Å²) in [5.41, 5.74) is 0.943. The summed E-state index contributed by atoms with van der Waals surface area (Å²) in [7, 11) is 3.39. The van der Waals surface area contributed by atoms with Gasteiger partial charge >= 0.3 is 6.61 Å². The number of aliphatic imine (C=N–C) groups is 1. The van der Waals surface area contributed by atoms with Crippen molar-refractivity contribution in [1.29, 1.82) is 0 Å². The van der Waals surface area contributed by atoms with Gasteiger partial charge in [-0.3, -0.25) is 4.79 Å². The summed E-state index contributed by atoms with van der Waals surface area (Å²) in [5.74, 6) is 0.623. The molecular formula is C20H30F2IN5O2. The number of nitrogens with one attached hydrogen (secondary N) is 2. The number of hydrogen-bond donors (Lipinski definition) is 2. The lowest BCUT2D eigenvalue weighted by Crippen LogP contribution is -2.51. The van der Waals surface area contributed by atoms with Gasteiger partial charge in [-0.2, -0.15) is 8.78 Å². The Bertz CT molecular complexity index is 701. The number of carbonyl (C=O) groups is 1. The van der Waals surface area contributed by atoms with Crippen molar-refractivity contribution in [3.8, 4) is 5.75 Å². The molecule has 1 aliphatic rings. The Labute approximate surface area is 193 Å². The molecule has 0 aliphatic carbocycles. The van der Waals surface area contributed by atoms with Crippen LogP contribution in [0.25, 0.3) is 0 Å². The second-order valence-electron chi connectivity index (χ2n) is 6.92. The molecule has 1 fully saturated rings. The molecule has 2 N–H and O–H groups in total. The van der Waals surface area contributed by atoms with Crippen molar-refractivity contribution in [1.82, 2.24) is 15.5 Å². The molecule has 2 rings (SSSR count). The Morgan fingerprint density at radius 2 is 2.10 bits per heavy atom. The van der Waals surface area contributed by atoms with E-state index in [9.17, 15) is 13.6 Å². The minimum Gasteiger partial charge on any atom is -0.435 e. The average molecular weight is 537 g/mol. The third-order valence-electron chi connectivity index (χ3n) is 4.47. The summed E-state index contributed by atoms with van der Waals surface area (Å²) < 4.78 is 29.0. The molecule has 1 heterocycles. The number of alkyl halides is 2. The van der Waals surface area contributed by atoms with E-state index in [0.29, 0.717) is 12.5 Å². The number of guanidine groups is 1. The van der Waals surface area contributed by atoms with E-state index < -0.39 is 6.61 Å². The van der Waals surface area contributed by atoms with Crippen molar-refractivity contribution < 1.29 is 18.3 Å². The van der Waals surface area contributed by atoms with Gasteiger partial charge in [0.1, 0.15) is 12.3 Å². The summed E-state index contributed by atoms with van der Waals surface area (Å²) in [5, 5.41) is 6.51. The fraction of sp³-hybridized carbons (Fsp3) is 0.500. The molecule has 1 aromatic carbocycles. The molecule has 0 saturated carbocycles. The zero-order chi connectivity index (χ0) is 21.2. The molecule has 0 aromatic heterocycles. The number of benzene rings is 1. The number of anilines is 1. The first-order valence-electron chi connectivity index (χ1n) is 9.54. The lowest BCUT2D eigenvalue weighted by Gasteiger charge is -2.35. The highest BCUT2D eigenvalue weighted by atomic mass is 127. The summed E-state index contributed by atoms with van der Waals surface area (Å²) in [6.45, 7) is 3.06. The maximum atomic E-state index is 12.3. The van der Waals surface area contributed by atoms with Gasteiger partial charge in [-0.25, -0.2) is 4.99 Å². The SMILES string of the molecule is C=CCNC(=NCC(=O)N(C)C)NC1CCCN(c2ccc(OC(F)F)cc2)C1.I. The molecule has 1 unspecified atom stereocenters. The van der Waals surface area contributed by atoms with E-state index in [-0.39, 0.29) is 48.2 Å². The Hall–Kier alpha value is -2.11. The Morgan fingerprint density at radius 1 is 1.40 bits per heavy atom. The topological polar surface area (TPSA) is 69.2 Å². The molecule has 1 saturated heterocycles. The van der Waals surface area contributed by atoms with Crippen molar-refractivity contribution in [3.05, 3.63) is 36.9 Å². The van der Waals surface area contributed by atoms with Gasteiger partial charge in [0, 0.05) is 45.5 Å². The van der Waals surface area contributed by atoms with Crippen LogP contribution in [0.1, 0.15) is 12.8 Å². The monoisotopic (exact) mass is 537 g/mol. The second-order valence-corrected chi connectivity index (χ2v) is 6.92.